The second kappa shape index (κ2) is 7.41. The van der Waals surface area contributed by atoms with E-state index in [2.05, 4.69) is 5.32 Å². The summed E-state index contributed by atoms with van der Waals surface area (Å²) in [6, 6.07) is 6.70. The van der Waals surface area contributed by atoms with E-state index in [0.29, 0.717) is 12.4 Å². The summed E-state index contributed by atoms with van der Waals surface area (Å²) >= 11 is 0. The van der Waals surface area contributed by atoms with Crippen molar-refractivity contribution >= 4 is 11.9 Å². The van der Waals surface area contributed by atoms with E-state index in [-0.39, 0.29) is 12.5 Å². The summed E-state index contributed by atoms with van der Waals surface area (Å²) < 4.78 is 10.1. The molecule has 1 N–H and O–H groups in total. The third-order valence-electron chi connectivity index (χ3n) is 2.41. The highest BCUT2D eigenvalue weighted by molar-refractivity contribution is 5.84. The van der Waals surface area contributed by atoms with Crippen molar-refractivity contribution in [3.8, 4) is 5.75 Å². The van der Waals surface area contributed by atoms with Gasteiger partial charge in [0.25, 0.3) is 5.91 Å². The molecule has 0 bridgehead atoms. The van der Waals surface area contributed by atoms with Crippen LogP contribution in [0.4, 0.5) is 0 Å². The van der Waals surface area contributed by atoms with Crippen LogP contribution in [-0.2, 0) is 14.3 Å². The van der Waals surface area contributed by atoms with Gasteiger partial charge in [0.15, 0.2) is 6.61 Å². The molecule has 0 fully saturated rings. The molecule has 104 valence electrons. The molecular weight excluding hydrogens is 246 g/mol. The molecule has 0 aliphatic rings. The summed E-state index contributed by atoms with van der Waals surface area (Å²) in [6.45, 7) is 5.41. The minimum absolute atomic E-state index is 0.132. The van der Waals surface area contributed by atoms with Crippen molar-refractivity contribution in [1.82, 2.24) is 5.32 Å². The molecule has 1 atom stereocenters. The normalized spacial score (nSPS) is 11.5. The standard InChI is InChI=1S/C14H19NO4/c1-4-18-14(17)11(3)15-13(16)9-19-12-7-5-10(2)6-8-12/h5-8,11H,4,9H2,1-3H3,(H,15,16). The average Bonchev–Trinajstić information content (AvgIpc) is 2.38. The lowest BCUT2D eigenvalue weighted by molar-refractivity contribution is -0.147. The first-order chi connectivity index (χ1) is 9.02. The predicted octanol–water partition coefficient (Wildman–Crippen LogP) is 1.44. The predicted molar refractivity (Wildman–Crippen MR) is 70.9 cm³/mol. The largest absolute Gasteiger partial charge is 0.484 e. The van der Waals surface area contributed by atoms with Crippen LogP contribution < -0.4 is 10.1 Å². The Hall–Kier alpha value is -2.04. The second-order valence-electron chi connectivity index (χ2n) is 4.14. The van der Waals surface area contributed by atoms with Gasteiger partial charge in [-0.15, -0.1) is 0 Å². The van der Waals surface area contributed by atoms with Crippen molar-refractivity contribution < 1.29 is 19.1 Å². The molecule has 0 saturated carbocycles. The SMILES string of the molecule is CCOC(=O)C(C)NC(=O)COc1ccc(C)cc1. The zero-order valence-electron chi connectivity index (χ0n) is 11.4. The van der Waals surface area contributed by atoms with Gasteiger partial charge in [0.1, 0.15) is 11.8 Å². The van der Waals surface area contributed by atoms with Crippen LogP contribution in [0.15, 0.2) is 24.3 Å². The van der Waals surface area contributed by atoms with Crippen molar-refractivity contribution in [1.29, 1.82) is 0 Å². The summed E-state index contributed by atoms with van der Waals surface area (Å²) in [6.07, 6.45) is 0. The van der Waals surface area contributed by atoms with Crippen LogP contribution in [0.3, 0.4) is 0 Å². The molecule has 0 aliphatic carbocycles. The Morgan fingerprint density at radius 2 is 1.89 bits per heavy atom. The molecule has 0 heterocycles. The minimum atomic E-state index is -0.672. The maximum atomic E-state index is 11.6. The summed E-state index contributed by atoms with van der Waals surface area (Å²) in [5.41, 5.74) is 1.12. The van der Waals surface area contributed by atoms with E-state index in [4.69, 9.17) is 9.47 Å². The van der Waals surface area contributed by atoms with Crippen molar-refractivity contribution in [2.24, 2.45) is 0 Å². The number of hydrogen-bond donors (Lipinski definition) is 1. The number of carbonyl (C=O) groups is 2. The van der Waals surface area contributed by atoms with Crippen LogP contribution in [0.25, 0.3) is 0 Å². The molecule has 1 aromatic rings. The van der Waals surface area contributed by atoms with E-state index in [1.54, 1.807) is 26.0 Å². The number of esters is 1. The maximum Gasteiger partial charge on any atom is 0.328 e. The number of rotatable bonds is 6. The number of hydrogen-bond acceptors (Lipinski definition) is 4. The Bertz CT molecular complexity index is 428. The smallest absolute Gasteiger partial charge is 0.328 e. The van der Waals surface area contributed by atoms with Gasteiger partial charge in [-0.05, 0) is 32.9 Å². The van der Waals surface area contributed by atoms with Gasteiger partial charge in [-0.25, -0.2) is 4.79 Å². The fourth-order valence-corrected chi connectivity index (χ4v) is 1.39. The molecule has 1 unspecified atom stereocenters. The molecule has 1 rings (SSSR count). The minimum Gasteiger partial charge on any atom is -0.484 e. The first-order valence-corrected chi connectivity index (χ1v) is 6.18. The lowest BCUT2D eigenvalue weighted by Crippen LogP contribution is -2.41. The zero-order valence-corrected chi connectivity index (χ0v) is 11.4. The van der Waals surface area contributed by atoms with Crippen molar-refractivity contribution in [2.45, 2.75) is 26.8 Å². The fourth-order valence-electron chi connectivity index (χ4n) is 1.39. The number of carbonyl (C=O) groups excluding carboxylic acids is 2. The van der Waals surface area contributed by atoms with Crippen LogP contribution in [0.2, 0.25) is 0 Å². The van der Waals surface area contributed by atoms with E-state index in [0.717, 1.165) is 5.56 Å². The zero-order chi connectivity index (χ0) is 14.3. The number of benzene rings is 1. The fraction of sp³-hybridized carbons (Fsp3) is 0.429. The molecular formula is C14H19NO4. The van der Waals surface area contributed by atoms with Crippen LogP contribution >= 0.6 is 0 Å². The Morgan fingerprint density at radius 1 is 1.26 bits per heavy atom. The van der Waals surface area contributed by atoms with E-state index >= 15 is 0 Å². The number of nitrogens with one attached hydrogen (secondary N) is 1. The molecule has 5 heteroatoms. The third-order valence-corrected chi connectivity index (χ3v) is 2.41. The number of ether oxygens (including phenoxy) is 2. The van der Waals surface area contributed by atoms with Gasteiger partial charge in [-0.3, -0.25) is 4.79 Å². The summed E-state index contributed by atoms with van der Waals surface area (Å²) in [4.78, 5) is 22.9. The quantitative estimate of drug-likeness (QED) is 0.790. The molecule has 19 heavy (non-hydrogen) atoms. The second-order valence-corrected chi connectivity index (χ2v) is 4.14. The van der Waals surface area contributed by atoms with E-state index < -0.39 is 12.0 Å². The molecule has 0 saturated heterocycles. The van der Waals surface area contributed by atoms with Crippen LogP contribution in [-0.4, -0.2) is 31.1 Å². The first kappa shape index (κ1) is 15.0. The monoisotopic (exact) mass is 265 g/mol. The molecule has 0 spiro atoms. The van der Waals surface area contributed by atoms with Gasteiger partial charge < -0.3 is 14.8 Å². The van der Waals surface area contributed by atoms with Gasteiger partial charge in [-0.2, -0.15) is 0 Å². The Labute approximate surface area is 112 Å². The summed E-state index contributed by atoms with van der Waals surface area (Å²) in [5, 5.41) is 2.51. The van der Waals surface area contributed by atoms with Crippen LogP contribution in [0.5, 0.6) is 5.75 Å². The highest BCUT2D eigenvalue weighted by Crippen LogP contribution is 2.10. The highest BCUT2D eigenvalue weighted by atomic mass is 16.5. The Morgan fingerprint density at radius 3 is 2.47 bits per heavy atom. The van der Waals surface area contributed by atoms with Crippen molar-refractivity contribution in [3.63, 3.8) is 0 Å². The number of amides is 1. The topological polar surface area (TPSA) is 64.6 Å². The lowest BCUT2D eigenvalue weighted by atomic mass is 10.2. The lowest BCUT2D eigenvalue weighted by Gasteiger charge is -2.13. The third kappa shape index (κ3) is 5.42. The van der Waals surface area contributed by atoms with Crippen molar-refractivity contribution in [2.75, 3.05) is 13.2 Å². The van der Waals surface area contributed by atoms with E-state index in [1.165, 1.54) is 0 Å². The van der Waals surface area contributed by atoms with E-state index in [9.17, 15) is 9.59 Å². The average molecular weight is 265 g/mol. The molecule has 1 aromatic carbocycles. The molecule has 5 nitrogen and oxygen atoms in total. The molecule has 1 amide bonds. The first-order valence-electron chi connectivity index (χ1n) is 6.18. The maximum absolute atomic E-state index is 11.6. The molecule has 0 aliphatic heterocycles. The van der Waals surface area contributed by atoms with Gasteiger partial charge in [0, 0.05) is 0 Å². The van der Waals surface area contributed by atoms with Crippen LogP contribution in [0, 0.1) is 6.92 Å². The molecule has 0 aromatic heterocycles. The van der Waals surface area contributed by atoms with Gasteiger partial charge in [0.05, 0.1) is 6.61 Å². The van der Waals surface area contributed by atoms with Crippen LogP contribution in [0.1, 0.15) is 19.4 Å². The molecule has 0 radical (unpaired) electrons. The van der Waals surface area contributed by atoms with Crippen molar-refractivity contribution in [3.05, 3.63) is 29.8 Å². The van der Waals surface area contributed by atoms with Gasteiger partial charge in [-0.1, -0.05) is 17.7 Å². The Balaban J connectivity index is 2.35. The summed E-state index contributed by atoms with van der Waals surface area (Å²) in [5.74, 6) is -0.197. The summed E-state index contributed by atoms with van der Waals surface area (Å²) in [7, 11) is 0. The van der Waals surface area contributed by atoms with E-state index in [1.807, 2.05) is 19.1 Å². The van der Waals surface area contributed by atoms with Gasteiger partial charge in [0.2, 0.25) is 0 Å². The Kier molecular flexibility index (Phi) is 5.85. The van der Waals surface area contributed by atoms with Gasteiger partial charge >= 0.3 is 5.97 Å². The number of aryl methyl sites for hydroxylation is 1. The highest BCUT2D eigenvalue weighted by Gasteiger charge is 2.16.